The molecule has 205 valence electrons. The van der Waals surface area contributed by atoms with Gasteiger partial charge in [0.2, 0.25) is 0 Å². The van der Waals surface area contributed by atoms with Crippen molar-refractivity contribution in [3.63, 3.8) is 0 Å². The number of rotatable bonds is 30. The van der Waals surface area contributed by atoms with Crippen molar-refractivity contribution < 1.29 is 0 Å². The molecule has 0 fully saturated rings. The van der Waals surface area contributed by atoms with Crippen molar-refractivity contribution in [3.05, 3.63) is 6.92 Å². The molecule has 0 nitrogen and oxygen atoms in total. The Morgan fingerprint density at radius 1 is 0.324 bits per heavy atom. The average Bonchev–Trinajstić information content (AvgIpc) is 2.85. The maximum Gasteiger partial charge on any atom is -0.0414 e. The van der Waals surface area contributed by atoms with Crippen LogP contribution in [0.1, 0.15) is 206 Å². The second-order valence-electron chi connectivity index (χ2n) is 11.6. The fraction of sp³-hybridized carbons (Fsp3) is 0.971. The highest BCUT2D eigenvalue weighted by Gasteiger charge is 2.08. The molecule has 0 saturated heterocycles. The highest BCUT2D eigenvalue weighted by molar-refractivity contribution is 4.62. The summed E-state index contributed by atoms with van der Waals surface area (Å²) < 4.78 is 0. The third-order valence-corrected chi connectivity index (χ3v) is 8.04. The van der Waals surface area contributed by atoms with Crippen molar-refractivity contribution in [2.45, 2.75) is 206 Å². The van der Waals surface area contributed by atoms with Crippen molar-refractivity contribution in [2.75, 3.05) is 0 Å². The summed E-state index contributed by atoms with van der Waals surface area (Å²) in [6.45, 7) is 8.65. The minimum atomic E-state index is 1.02. The lowest BCUT2D eigenvalue weighted by Crippen LogP contribution is -2.01. The molecule has 0 aromatic rings. The van der Waals surface area contributed by atoms with E-state index in [9.17, 15) is 0 Å². The second-order valence-corrected chi connectivity index (χ2v) is 11.6. The molecule has 0 spiro atoms. The van der Waals surface area contributed by atoms with E-state index in [1.54, 1.807) is 0 Å². The molecule has 0 N–H and O–H groups in total. The molecular formula is C34H69. The van der Waals surface area contributed by atoms with Gasteiger partial charge in [-0.2, -0.15) is 0 Å². The van der Waals surface area contributed by atoms with Crippen molar-refractivity contribution in [3.8, 4) is 0 Å². The Hall–Kier alpha value is 0. The monoisotopic (exact) mass is 478 g/mol. The Morgan fingerprint density at radius 3 is 0.824 bits per heavy atom. The topological polar surface area (TPSA) is 0 Å². The number of hydrogen-bond acceptors (Lipinski definition) is 0. The standard InChI is InChI=1S/C34H69/c1-4-7-10-13-15-17-19-21-23-25-27-30-33-34(31-28-12-9-6-3)32-29-26-24-22-20-18-16-14-11-8-5-2/h34H,3-33H2,1-2H3. The number of unbranched alkanes of at least 4 members (excludes halogenated alkanes) is 24. The van der Waals surface area contributed by atoms with Crippen LogP contribution in [0.5, 0.6) is 0 Å². The Morgan fingerprint density at radius 2 is 0.559 bits per heavy atom. The van der Waals surface area contributed by atoms with Crippen LogP contribution in [0.4, 0.5) is 0 Å². The molecule has 0 aromatic heterocycles. The van der Waals surface area contributed by atoms with Gasteiger partial charge in [-0.05, 0) is 5.92 Å². The van der Waals surface area contributed by atoms with E-state index in [0.29, 0.717) is 0 Å². The van der Waals surface area contributed by atoms with Crippen LogP contribution in [0, 0.1) is 12.8 Å². The van der Waals surface area contributed by atoms with Crippen LogP contribution < -0.4 is 0 Å². The van der Waals surface area contributed by atoms with E-state index in [1.165, 1.54) is 186 Å². The zero-order valence-corrected chi connectivity index (χ0v) is 24.5. The van der Waals surface area contributed by atoms with Gasteiger partial charge in [0.1, 0.15) is 0 Å². The van der Waals surface area contributed by atoms with Crippen LogP contribution in [-0.2, 0) is 0 Å². The van der Waals surface area contributed by atoms with Gasteiger partial charge >= 0.3 is 0 Å². The second kappa shape index (κ2) is 31.0. The van der Waals surface area contributed by atoms with E-state index in [1.807, 2.05) is 0 Å². The molecule has 0 aromatic carbocycles. The Kier molecular flexibility index (Phi) is 31.0. The van der Waals surface area contributed by atoms with Gasteiger partial charge in [0.25, 0.3) is 0 Å². The Balaban J connectivity index is 3.66. The normalized spacial score (nSPS) is 12.4. The Bertz CT molecular complexity index is 333. The largest absolute Gasteiger partial charge is 0.0654 e. The first-order chi connectivity index (χ1) is 16.8. The summed E-state index contributed by atoms with van der Waals surface area (Å²) in [4.78, 5) is 0. The van der Waals surface area contributed by atoms with E-state index >= 15 is 0 Å². The third kappa shape index (κ3) is 28.2. The molecule has 0 aliphatic carbocycles. The average molecular weight is 478 g/mol. The maximum absolute atomic E-state index is 4.03. The predicted molar refractivity (Wildman–Crippen MR) is 159 cm³/mol. The van der Waals surface area contributed by atoms with Crippen LogP contribution >= 0.6 is 0 Å². The first-order valence-corrected chi connectivity index (χ1v) is 16.6. The zero-order chi connectivity index (χ0) is 24.8. The van der Waals surface area contributed by atoms with Gasteiger partial charge in [-0.1, -0.05) is 213 Å². The fourth-order valence-electron chi connectivity index (χ4n) is 5.59. The zero-order valence-electron chi connectivity index (χ0n) is 24.5. The van der Waals surface area contributed by atoms with Gasteiger partial charge in [0.05, 0.1) is 0 Å². The quantitative estimate of drug-likeness (QED) is 0.0902. The molecular weight excluding hydrogens is 408 g/mol. The van der Waals surface area contributed by atoms with Gasteiger partial charge < -0.3 is 0 Å². The molecule has 0 rings (SSSR count). The van der Waals surface area contributed by atoms with Crippen LogP contribution in [0.2, 0.25) is 0 Å². The van der Waals surface area contributed by atoms with E-state index in [-0.39, 0.29) is 0 Å². The van der Waals surface area contributed by atoms with Crippen LogP contribution in [0.3, 0.4) is 0 Å². The molecule has 0 aliphatic heterocycles. The predicted octanol–water partition coefficient (Wildman–Crippen LogP) is 13.2. The molecule has 0 heterocycles. The summed E-state index contributed by atoms with van der Waals surface area (Å²) in [6.07, 6.45) is 43.7. The summed E-state index contributed by atoms with van der Waals surface area (Å²) in [6, 6.07) is 0. The van der Waals surface area contributed by atoms with E-state index in [2.05, 4.69) is 20.8 Å². The minimum Gasteiger partial charge on any atom is -0.0654 e. The van der Waals surface area contributed by atoms with E-state index < -0.39 is 0 Å². The van der Waals surface area contributed by atoms with Crippen LogP contribution in [0.15, 0.2) is 0 Å². The van der Waals surface area contributed by atoms with Gasteiger partial charge in [-0.15, -0.1) is 0 Å². The van der Waals surface area contributed by atoms with E-state index in [0.717, 1.165) is 12.3 Å². The molecule has 0 amide bonds. The minimum absolute atomic E-state index is 1.02. The third-order valence-electron chi connectivity index (χ3n) is 8.04. The summed E-state index contributed by atoms with van der Waals surface area (Å²) >= 11 is 0. The lowest BCUT2D eigenvalue weighted by Gasteiger charge is -2.17. The molecule has 0 saturated carbocycles. The molecule has 1 radical (unpaired) electrons. The molecule has 34 heavy (non-hydrogen) atoms. The molecule has 0 bridgehead atoms. The maximum atomic E-state index is 4.03. The smallest absolute Gasteiger partial charge is 0.0414 e. The first kappa shape index (κ1) is 34.0. The summed E-state index contributed by atoms with van der Waals surface area (Å²) in [7, 11) is 0. The SMILES string of the molecule is [CH2]CCCCCC(CCCCCCCCCCCCC)CCCCCCCCCCCCCC. The van der Waals surface area contributed by atoms with Crippen LogP contribution in [-0.4, -0.2) is 0 Å². The van der Waals surface area contributed by atoms with Crippen molar-refractivity contribution >= 4 is 0 Å². The van der Waals surface area contributed by atoms with Gasteiger partial charge in [0, 0.05) is 0 Å². The van der Waals surface area contributed by atoms with Crippen molar-refractivity contribution in [2.24, 2.45) is 5.92 Å². The summed E-state index contributed by atoms with van der Waals surface area (Å²) in [5.41, 5.74) is 0. The van der Waals surface area contributed by atoms with E-state index in [4.69, 9.17) is 0 Å². The van der Waals surface area contributed by atoms with Gasteiger partial charge in [-0.3, -0.25) is 0 Å². The molecule has 0 aliphatic rings. The molecule has 1 atom stereocenters. The molecule has 0 heteroatoms. The number of hydrogen-bond donors (Lipinski definition) is 0. The summed E-state index contributed by atoms with van der Waals surface area (Å²) in [5, 5.41) is 0. The van der Waals surface area contributed by atoms with Gasteiger partial charge in [-0.25, -0.2) is 0 Å². The Labute approximate surface area is 219 Å². The lowest BCUT2D eigenvalue weighted by molar-refractivity contribution is 0.366. The van der Waals surface area contributed by atoms with Gasteiger partial charge in [0.15, 0.2) is 0 Å². The molecule has 1 unspecified atom stereocenters. The van der Waals surface area contributed by atoms with Crippen LogP contribution in [0.25, 0.3) is 0 Å². The van der Waals surface area contributed by atoms with Crippen molar-refractivity contribution in [1.82, 2.24) is 0 Å². The fourth-order valence-corrected chi connectivity index (χ4v) is 5.59. The highest BCUT2D eigenvalue weighted by Crippen LogP contribution is 2.25. The first-order valence-electron chi connectivity index (χ1n) is 16.6. The lowest BCUT2D eigenvalue weighted by atomic mass is 9.89. The van der Waals surface area contributed by atoms with Crippen molar-refractivity contribution in [1.29, 1.82) is 0 Å². The highest BCUT2D eigenvalue weighted by atomic mass is 14.1. The summed E-state index contributed by atoms with van der Waals surface area (Å²) in [5.74, 6) is 1.02.